The number of anilines is 3. The summed E-state index contributed by atoms with van der Waals surface area (Å²) in [5.41, 5.74) is 5.58. The molecule has 0 saturated carbocycles. The maximum atomic E-state index is 11.9. The van der Waals surface area contributed by atoms with E-state index in [9.17, 15) is 19.5 Å². The number of primary amides is 1. The highest BCUT2D eigenvalue weighted by Crippen LogP contribution is 2.27. The van der Waals surface area contributed by atoms with E-state index in [1.807, 2.05) is 0 Å². The van der Waals surface area contributed by atoms with Crippen LogP contribution in [0, 0.1) is 6.92 Å². The Bertz CT molecular complexity index is 1040. The largest absolute Gasteiger partial charge is 0.508 e. The first-order chi connectivity index (χ1) is 12.4. The van der Waals surface area contributed by atoms with Crippen molar-refractivity contribution in [2.24, 2.45) is 5.73 Å². The van der Waals surface area contributed by atoms with Gasteiger partial charge >= 0.3 is 0 Å². The highest BCUT2D eigenvalue weighted by Gasteiger charge is 2.27. The molecule has 3 rings (SSSR count). The van der Waals surface area contributed by atoms with Crippen molar-refractivity contribution in [3.8, 4) is 5.75 Å². The SMILES string of the molecule is Cc1ccc(C(Nc2c(Nc3ccncc3)c(=O)c2=O)C(N)=O)cc1O. The number of nitrogens with zero attached hydrogens (tertiary/aromatic N) is 1. The number of nitrogens with one attached hydrogen (secondary N) is 2. The molecule has 2 aromatic carbocycles. The molecule has 1 heterocycles. The molecule has 26 heavy (non-hydrogen) atoms. The third-order valence-corrected chi connectivity index (χ3v) is 4.00. The minimum absolute atomic E-state index is 0.00400. The van der Waals surface area contributed by atoms with Gasteiger partial charge in [-0.25, -0.2) is 0 Å². The number of phenols is 1. The van der Waals surface area contributed by atoms with E-state index in [4.69, 9.17) is 5.73 Å². The van der Waals surface area contributed by atoms with Crippen LogP contribution in [0.15, 0.2) is 52.3 Å². The van der Waals surface area contributed by atoms with Crippen molar-refractivity contribution in [3.63, 3.8) is 0 Å². The maximum Gasteiger partial charge on any atom is 0.253 e. The summed E-state index contributed by atoms with van der Waals surface area (Å²) < 4.78 is 0. The van der Waals surface area contributed by atoms with Crippen LogP contribution in [0.2, 0.25) is 0 Å². The lowest BCUT2D eigenvalue weighted by molar-refractivity contribution is -0.118. The molecule has 0 aliphatic rings. The number of rotatable bonds is 6. The van der Waals surface area contributed by atoms with E-state index in [0.29, 0.717) is 16.8 Å². The molecular formula is C18H16N4O4. The van der Waals surface area contributed by atoms with Gasteiger partial charge in [-0.15, -0.1) is 0 Å². The quantitative estimate of drug-likeness (QED) is 0.487. The molecule has 0 aliphatic heterocycles. The summed E-state index contributed by atoms with van der Waals surface area (Å²) in [6.45, 7) is 1.71. The van der Waals surface area contributed by atoms with Crippen molar-refractivity contribution < 1.29 is 9.90 Å². The van der Waals surface area contributed by atoms with Gasteiger partial charge in [0.1, 0.15) is 23.2 Å². The van der Waals surface area contributed by atoms with Crippen molar-refractivity contribution in [2.75, 3.05) is 10.6 Å². The first kappa shape index (κ1) is 17.2. The van der Waals surface area contributed by atoms with Gasteiger partial charge in [-0.3, -0.25) is 19.4 Å². The summed E-state index contributed by atoms with van der Waals surface area (Å²) in [5, 5.41) is 15.4. The molecule has 1 aromatic heterocycles. The Balaban J connectivity index is 1.92. The maximum absolute atomic E-state index is 11.9. The number of aryl methyl sites for hydroxylation is 1. The number of hydrogen-bond acceptors (Lipinski definition) is 7. The Morgan fingerprint density at radius 3 is 2.38 bits per heavy atom. The Morgan fingerprint density at radius 1 is 1.12 bits per heavy atom. The Kier molecular flexibility index (Phi) is 4.40. The summed E-state index contributed by atoms with van der Waals surface area (Å²) >= 11 is 0. The number of hydrogen-bond donors (Lipinski definition) is 4. The van der Waals surface area contributed by atoms with E-state index in [0.717, 1.165) is 0 Å². The van der Waals surface area contributed by atoms with Crippen LogP contribution in [0.25, 0.3) is 0 Å². The normalized spacial score (nSPS) is 11.9. The van der Waals surface area contributed by atoms with Gasteiger partial charge in [-0.05, 0) is 36.2 Å². The van der Waals surface area contributed by atoms with Crippen molar-refractivity contribution in [3.05, 3.63) is 74.3 Å². The predicted molar refractivity (Wildman–Crippen MR) is 97.3 cm³/mol. The van der Waals surface area contributed by atoms with Crippen LogP contribution in [0.1, 0.15) is 17.2 Å². The minimum Gasteiger partial charge on any atom is -0.508 e. The molecule has 5 N–H and O–H groups in total. The van der Waals surface area contributed by atoms with Gasteiger partial charge in [0.2, 0.25) is 5.91 Å². The van der Waals surface area contributed by atoms with Gasteiger partial charge in [0.25, 0.3) is 10.9 Å². The summed E-state index contributed by atoms with van der Waals surface area (Å²) in [4.78, 5) is 39.6. The molecule has 1 atom stereocenters. The lowest BCUT2D eigenvalue weighted by Gasteiger charge is -2.21. The fraction of sp³-hybridized carbons (Fsp3) is 0.111. The fourth-order valence-corrected chi connectivity index (χ4v) is 2.50. The molecule has 1 unspecified atom stereocenters. The number of pyridine rings is 1. The third-order valence-electron chi connectivity index (χ3n) is 4.00. The van der Waals surface area contributed by atoms with Crippen LogP contribution in [-0.2, 0) is 4.79 Å². The number of aromatic hydroxyl groups is 1. The molecule has 0 saturated heterocycles. The van der Waals surface area contributed by atoms with E-state index in [1.165, 1.54) is 18.5 Å². The molecule has 3 aromatic rings. The fourth-order valence-electron chi connectivity index (χ4n) is 2.50. The zero-order valence-electron chi connectivity index (χ0n) is 13.8. The lowest BCUT2D eigenvalue weighted by Crippen LogP contribution is -2.39. The molecule has 0 fully saturated rings. The monoisotopic (exact) mass is 352 g/mol. The minimum atomic E-state index is -1.08. The number of carbonyl (C=O) groups is 1. The predicted octanol–water partition coefficient (Wildman–Crippen LogP) is 1.07. The second-order valence-corrected chi connectivity index (χ2v) is 5.79. The van der Waals surface area contributed by atoms with Crippen molar-refractivity contribution >= 4 is 23.0 Å². The molecule has 8 heteroatoms. The molecule has 0 radical (unpaired) electrons. The van der Waals surface area contributed by atoms with Crippen LogP contribution in [0.5, 0.6) is 5.75 Å². The number of amides is 1. The number of benzene rings is 1. The van der Waals surface area contributed by atoms with Gasteiger partial charge < -0.3 is 21.5 Å². The molecule has 132 valence electrons. The van der Waals surface area contributed by atoms with Crippen LogP contribution < -0.4 is 27.2 Å². The Labute approximate surface area is 148 Å². The average molecular weight is 352 g/mol. The number of phenolic OH excluding ortho intramolecular Hbond substituents is 1. The number of carbonyl (C=O) groups excluding carboxylic acids is 1. The summed E-state index contributed by atoms with van der Waals surface area (Å²) in [6.07, 6.45) is 3.06. The lowest BCUT2D eigenvalue weighted by atomic mass is 10.0. The molecule has 1 amide bonds. The second-order valence-electron chi connectivity index (χ2n) is 5.79. The second kappa shape index (κ2) is 6.67. The van der Waals surface area contributed by atoms with Crippen molar-refractivity contribution in [1.82, 2.24) is 4.98 Å². The van der Waals surface area contributed by atoms with Gasteiger partial charge in [-0.1, -0.05) is 12.1 Å². The topological polar surface area (TPSA) is 134 Å². The molecule has 0 aliphatic carbocycles. The van der Waals surface area contributed by atoms with Gasteiger partial charge in [-0.2, -0.15) is 0 Å². The van der Waals surface area contributed by atoms with Crippen LogP contribution in [0.4, 0.5) is 17.1 Å². The van der Waals surface area contributed by atoms with Crippen LogP contribution >= 0.6 is 0 Å². The summed E-state index contributed by atoms with van der Waals surface area (Å²) in [6, 6.07) is 6.80. The number of nitrogens with two attached hydrogens (primary N) is 1. The first-order valence-electron chi connectivity index (χ1n) is 7.74. The standard InChI is InChI=1S/C18H16N4O4/c1-9-2-3-10(8-12(9)23)13(18(19)26)22-15-14(16(24)17(15)25)21-11-4-6-20-7-5-11/h2-8,13,22-23H,1H3,(H2,19,26)(H,20,21). The van der Waals surface area contributed by atoms with E-state index >= 15 is 0 Å². The van der Waals surface area contributed by atoms with Gasteiger partial charge in [0.15, 0.2) is 0 Å². The zero-order chi connectivity index (χ0) is 18.8. The summed E-state index contributed by atoms with van der Waals surface area (Å²) in [7, 11) is 0. The molecular weight excluding hydrogens is 336 g/mol. The summed E-state index contributed by atoms with van der Waals surface area (Å²) in [5.74, 6) is -0.758. The van der Waals surface area contributed by atoms with Gasteiger partial charge in [0.05, 0.1) is 0 Å². The molecule has 8 nitrogen and oxygen atoms in total. The highest BCUT2D eigenvalue weighted by molar-refractivity contribution is 5.88. The first-order valence-corrected chi connectivity index (χ1v) is 7.74. The molecule has 0 bridgehead atoms. The van der Waals surface area contributed by atoms with Crippen LogP contribution in [-0.4, -0.2) is 16.0 Å². The van der Waals surface area contributed by atoms with E-state index in [1.54, 1.807) is 31.2 Å². The van der Waals surface area contributed by atoms with Crippen LogP contribution in [0.3, 0.4) is 0 Å². The number of aromatic nitrogens is 1. The Hall–Kier alpha value is -3.68. The van der Waals surface area contributed by atoms with Gasteiger partial charge in [0, 0.05) is 18.1 Å². The van der Waals surface area contributed by atoms with Crippen molar-refractivity contribution in [2.45, 2.75) is 13.0 Å². The zero-order valence-corrected chi connectivity index (χ0v) is 13.8. The van der Waals surface area contributed by atoms with E-state index in [-0.39, 0.29) is 17.1 Å². The Morgan fingerprint density at radius 2 is 1.77 bits per heavy atom. The highest BCUT2D eigenvalue weighted by atomic mass is 16.3. The van der Waals surface area contributed by atoms with E-state index in [2.05, 4.69) is 15.6 Å². The third kappa shape index (κ3) is 3.12. The molecule has 0 spiro atoms. The van der Waals surface area contributed by atoms with E-state index < -0.39 is 22.8 Å². The smallest absolute Gasteiger partial charge is 0.253 e. The average Bonchev–Trinajstić information content (AvgIpc) is 2.63. The van der Waals surface area contributed by atoms with Crippen molar-refractivity contribution in [1.29, 1.82) is 0 Å².